The lowest BCUT2D eigenvalue weighted by Gasteiger charge is -2.23. The van der Waals surface area contributed by atoms with Crippen LogP contribution < -0.4 is 4.74 Å². The van der Waals surface area contributed by atoms with Crippen LogP contribution in [-0.4, -0.2) is 115 Å². The number of hydrogen-bond donors (Lipinski definition) is 0. The number of aryl methyl sites for hydroxylation is 2. The molecular formula is C27H42N4O5S. The summed E-state index contributed by atoms with van der Waals surface area (Å²) in [6.45, 7) is 10.7. The van der Waals surface area contributed by atoms with Crippen molar-refractivity contribution >= 4 is 22.8 Å². The van der Waals surface area contributed by atoms with Gasteiger partial charge in [0.25, 0.3) is 0 Å². The van der Waals surface area contributed by atoms with E-state index in [1.54, 1.807) is 18.5 Å². The monoisotopic (exact) mass is 534 g/mol. The van der Waals surface area contributed by atoms with Crippen LogP contribution in [0, 0.1) is 25.7 Å². The van der Waals surface area contributed by atoms with E-state index in [1.807, 2.05) is 35.8 Å². The van der Waals surface area contributed by atoms with Gasteiger partial charge in [-0.25, -0.2) is 8.51 Å². The number of fused-ring (bicyclic) bond motifs is 1. The van der Waals surface area contributed by atoms with Gasteiger partial charge >= 0.3 is 0 Å². The Hall–Kier alpha value is -2.01. The molecule has 37 heavy (non-hydrogen) atoms. The normalized spacial score (nSPS) is 22.6. The molecule has 3 aliphatic rings. The summed E-state index contributed by atoms with van der Waals surface area (Å²) in [5.74, 6) is 1.73. The molecule has 2 amide bonds. The van der Waals surface area contributed by atoms with Gasteiger partial charge in [-0.2, -0.15) is 0 Å². The number of carbonyl (C=O) groups is 2. The van der Waals surface area contributed by atoms with Crippen molar-refractivity contribution in [3.8, 4) is 5.75 Å². The zero-order chi connectivity index (χ0) is 26.5. The summed E-state index contributed by atoms with van der Waals surface area (Å²) in [5, 5.41) is 0. The van der Waals surface area contributed by atoms with Crippen LogP contribution in [0.4, 0.5) is 0 Å². The first-order valence-electron chi connectivity index (χ1n) is 13.4. The van der Waals surface area contributed by atoms with E-state index in [-0.39, 0.29) is 18.4 Å². The van der Waals surface area contributed by atoms with Crippen molar-refractivity contribution in [2.24, 2.45) is 11.8 Å². The van der Waals surface area contributed by atoms with Crippen LogP contribution in [0.5, 0.6) is 5.75 Å². The minimum atomic E-state index is -1.32. The van der Waals surface area contributed by atoms with Gasteiger partial charge in [0.2, 0.25) is 11.8 Å². The summed E-state index contributed by atoms with van der Waals surface area (Å²) in [7, 11) is 2.09. The van der Waals surface area contributed by atoms with E-state index in [4.69, 9.17) is 9.47 Å². The molecule has 10 heteroatoms. The molecule has 0 saturated carbocycles. The SMILES string of the molecule is COc1cc(C)c(S(=O)N(C)CCOCC(=O)N2C[C@H]3CN(C(=O)CCN4CCCC4)C[C@H]3C2)c(C)c1. The van der Waals surface area contributed by atoms with E-state index < -0.39 is 11.0 Å². The first-order valence-corrected chi connectivity index (χ1v) is 14.5. The fourth-order valence-electron chi connectivity index (χ4n) is 5.80. The fraction of sp³-hybridized carbons (Fsp3) is 0.704. The molecule has 9 nitrogen and oxygen atoms in total. The van der Waals surface area contributed by atoms with Gasteiger partial charge in [0.15, 0.2) is 0 Å². The van der Waals surface area contributed by atoms with Crippen LogP contribution in [0.3, 0.4) is 0 Å². The molecule has 0 aliphatic carbocycles. The first-order chi connectivity index (χ1) is 17.8. The third kappa shape index (κ3) is 6.90. The van der Waals surface area contributed by atoms with Gasteiger partial charge in [-0.3, -0.25) is 9.59 Å². The third-order valence-electron chi connectivity index (χ3n) is 7.94. The molecule has 3 saturated heterocycles. The number of rotatable bonds is 11. The topological polar surface area (TPSA) is 82.6 Å². The van der Waals surface area contributed by atoms with Crippen LogP contribution in [-0.2, 0) is 25.3 Å². The van der Waals surface area contributed by atoms with Crippen molar-refractivity contribution in [2.75, 3.05) is 79.7 Å². The number of nitrogens with zero attached hydrogens (tertiary/aromatic N) is 4. The summed E-state index contributed by atoms with van der Waals surface area (Å²) in [6.07, 6.45) is 3.09. The number of benzene rings is 1. The number of amides is 2. The zero-order valence-corrected chi connectivity index (χ0v) is 23.6. The number of hydrogen-bond acceptors (Lipinski definition) is 6. The first kappa shape index (κ1) is 28.0. The molecule has 4 rings (SSSR count). The second-order valence-electron chi connectivity index (χ2n) is 10.7. The lowest BCUT2D eigenvalue weighted by atomic mass is 10.0. The van der Waals surface area contributed by atoms with Crippen molar-refractivity contribution in [1.29, 1.82) is 0 Å². The molecule has 1 aromatic carbocycles. The van der Waals surface area contributed by atoms with Gasteiger partial charge in [0.05, 0.1) is 18.6 Å². The highest BCUT2D eigenvalue weighted by molar-refractivity contribution is 7.82. The van der Waals surface area contributed by atoms with Crippen molar-refractivity contribution < 1.29 is 23.3 Å². The fourth-order valence-corrected chi connectivity index (χ4v) is 7.03. The standard InChI is InChI=1S/C27H42N4O5S/c1-20-13-24(35-4)14-21(2)27(20)37(34)28(3)11-12-36-19-26(33)31-17-22-15-30(16-23(22)18-31)25(32)7-10-29-8-5-6-9-29/h13-14,22-23H,5-12,15-19H2,1-4H3/t22-,23+,37?. The Labute approximate surface area is 223 Å². The Morgan fingerprint density at radius 1 is 1.00 bits per heavy atom. The maximum atomic E-state index is 13.1. The molecule has 0 spiro atoms. The molecule has 206 valence electrons. The Bertz CT molecular complexity index is 962. The number of likely N-dealkylation sites (tertiary alicyclic amines) is 3. The molecule has 1 aromatic rings. The predicted octanol–water partition coefficient (Wildman–Crippen LogP) is 1.69. The number of ether oxygens (including phenoxy) is 2. The summed E-state index contributed by atoms with van der Waals surface area (Å²) in [4.78, 5) is 32.4. The summed E-state index contributed by atoms with van der Waals surface area (Å²) >= 11 is 0. The number of carbonyl (C=O) groups excluding carboxylic acids is 2. The van der Waals surface area contributed by atoms with E-state index in [0.717, 1.165) is 54.5 Å². The number of likely N-dealkylation sites (N-methyl/N-ethyl adjacent to an activating group) is 1. The van der Waals surface area contributed by atoms with Gasteiger partial charge in [-0.1, -0.05) is 0 Å². The molecule has 0 radical (unpaired) electrons. The second-order valence-corrected chi connectivity index (χ2v) is 12.2. The Kier molecular flexibility index (Phi) is 9.61. The minimum Gasteiger partial charge on any atom is -0.497 e. The second kappa shape index (κ2) is 12.7. The van der Waals surface area contributed by atoms with Gasteiger partial charge in [0.1, 0.15) is 23.3 Å². The Balaban J connectivity index is 1.14. The summed E-state index contributed by atoms with van der Waals surface area (Å²) in [6, 6.07) is 3.77. The van der Waals surface area contributed by atoms with Crippen LogP contribution in [0.25, 0.3) is 0 Å². The summed E-state index contributed by atoms with van der Waals surface area (Å²) < 4.78 is 25.8. The molecule has 0 aromatic heterocycles. The van der Waals surface area contributed by atoms with Gasteiger partial charge in [0, 0.05) is 64.6 Å². The highest BCUT2D eigenvalue weighted by Gasteiger charge is 2.42. The maximum Gasteiger partial charge on any atom is 0.248 e. The zero-order valence-electron chi connectivity index (χ0n) is 22.7. The predicted molar refractivity (Wildman–Crippen MR) is 143 cm³/mol. The molecule has 3 fully saturated rings. The van der Waals surface area contributed by atoms with Crippen molar-refractivity contribution in [3.63, 3.8) is 0 Å². The summed E-state index contributed by atoms with van der Waals surface area (Å²) in [5.41, 5.74) is 1.84. The molecule has 3 heterocycles. The van der Waals surface area contributed by atoms with Crippen molar-refractivity contribution in [2.45, 2.75) is 38.0 Å². The highest BCUT2D eigenvalue weighted by Crippen LogP contribution is 2.31. The Morgan fingerprint density at radius 2 is 1.57 bits per heavy atom. The average Bonchev–Trinajstić information content (AvgIpc) is 3.61. The number of methoxy groups -OCH3 is 1. The van der Waals surface area contributed by atoms with Gasteiger partial charge in [-0.05, 0) is 63.0 Å². The van der Waals surface area contributed by atoms with E-state index >= 15 is 0 Å². The van der Waals surface area contributed by atoms with E-state index in [1.165, 1.54) is 12.8 Å². The molecule has 0 N–H and O–H groups in total. The van der Waals surface area contributed by atoms with Crippen LogP contribution in [0.2, 0.25) is 0 Å². The van der Waals surface area contributed by atoms with Gasteiger partial charge < -0.3 is 24.2 Å². The molecular weight excluding hydrogens is 492 g/mol. The average molecular weight is 535 g/mol. The van der Waals surface area contributed by atoms with Crippen molar-refractivity contribution in [3.05, 3.63) is 23.3 Å². The van der Waals surface area contributed by atoms with E-state index in [2.05, 4.69) is 4.90 Å². The van der Waals surface area contributed by atoms with E-state index in [0.29, 0.717) is 44.5 Å². The highest BCUT2D eigenvalue weighted by atomic mass is 32.2. The lowest BCUT2D eigenvalue weighted by molar-refractivity contribution is -0.135. The quantitative estimate of drug-likeness (QED) is 0.402. The molecule has 3 aliphatic heterocycles. The Morgan fingerprint density at radius 3 is 2.14 bits per heavy atom. The third-order valence-corrected chi connectivity index (χ3v) is 9.68. The smallest absolute Gasteiger partial charge is 0.248 e. The molecule has 0 bridgehead atoms. The maximum absolute atomic E-state index is 13.1. The van der Waals surface area contributed by atoms with Gasteiger partial charge in [-0.15, -0.1) is 0 Å². The molecule has 3 atom stereocenters. The van der Waals surface area contributed by atoms with Crippen molar-refractivity contribution in [1.82, 2.24) is 19.0 Å². The lowest BCUT2D eigenvalue weighted by Crippen LogP contribution is -2.38. The van der Waals surface area contributed by atoms with E-state index in [9.17, 15) is 13.8 Å². The molecule has 1 unspecified atom stereocenters. The largest absolute Gasteiger partial charge is 0.497 e. The van der Waals surface area contributed by atoms with Crippen LogP contribution in [0.1, 0.15) is 30.4 Å². The minimum absolute atomic E-state index is 0.00747. The van der Waals surface area contributed by atoms with Crippen LogP contribution in [0.15, 0.2) is 17.0 Å². The van der Waals surface area contributed by atoms with Crippen LogP contribution >= 0.6 is 0 Å².